The summed E-state index contributed by atoms with van der Waals surface area (Å²) in [5.41, 5.74) is 1.98. The SMILES string of the molecule is Cc1cnc(CNC(=O)c2c(C)ccn(C3CCC(O)CC3)c2=O)cn1. The summed E-state index contributed by atoms with van der Waals surface area (Å²) < 4.78 is 1.64. The number of nitrogens with one attached hydrogen (secondary N) is 1. The molecular formula is C19H24N4O3. The van der Waals surface area contributed by atoms with Crippen molar-refractivity contribution in [3.05, 3.63) is 57.5 Å². The number of aliphatic hydroxyl groups is 1. The molecule has 26 heavy (non-hydrogen) atoms. The number of hydrogen-bond acceptors (Lipinski definition) is 5. The van der Waals surface area contributed by atoms with Crippen LogP contribution < -0.4 is 10.9 Å². The van der Waals surface area contributed by atoms with Crippen LogP contribution in [0.3, 0.4) is 0 Å². The minimum atomic E-state index is -0.403. The Hall–Kier alpha value is -2.54. The smallest absolute Gasteiger partial charge is 0.263 e. The van der Waals surface area contributed by atoms with Gasteiger partial charge in [0.25, 0.3) is 11.5 Å². The van der Waals surface area contributed by atoms with Gasteiger partial charge >= 0.3 is 0 Å². The molecule has 2 N–H and O–H groups in total. The van der Waals surface area contributed by atoms with E-state index in [1.807, 2.05) is 6.92 Å². The molecule has 1 aliphatic carbocycles. The Kier molecular flexibility index (Phi) is 5.46. The normalized spacial score (nSPS) is 20.0. The Morgan fingerprint density at radius 1 is 1.23 bits per heavy atom. The van der Waals surface area contributed by atoms with Gasteiger partial charge in [0, 0.05) is 18.4 Å². The number of aliphatic hydroxyl groups excluding tert-OH is 1. The summed E-state index contributed by atoms with van der Waals surface area (Å²) in [6.07, 6.45) is 7.55. The molecule has 2 aromatic rings. The van der Waals surface area contributed by atoms with Gasteiger partial charge in [-0.05, 0) is 51.2 Å². The molecule has 0 aromatic carbocycles. The van der Waals surface area contributed by atoms with Crippen LogP contribution in [0.2, 0.25) is 0 Å². The first-order valence-electron chi connectivity index (χ1n) is 8.91. The third kappa shape index (κ3) is 3.99. The Bertz CT molecular complexity index is 837. The van der Waals surface area contributed by atoms with E-state index in [9.17, 15) is 14.7 Å². The van der Waals surface area contributed by atoms with Crippen LogP contribution in [0.1, 0.15) is 59.0 Å². The van der Waals surface area contributed by atoms with Crippen molar-refractivity contribution in [2.75, 3.05) is 0 Å². The summed E-state index contributed by atoms with van der Waals surface area (Å²) >= 11 is 0. The van der Waals surface area contributed by atoms with Crippen LogP contribution >= 0.6 is 0 Å². The van der Waals surface area contributed by atoms with Crippen molar-refractivity contribution in [2.24, 2.45) is 0 Å². The summed E-state index contributed by atoms with van der Waals surface area (Å²) in [5.74, 6) is -0.403. The van der Waals surface area contributed by atoms with Gasteiger partial charge in [0.1, 0.15) is 5.56 Å². The van der Waals surface area contributed by atoms with E-state index in [1.165, 1.54) is 0 Å². The van der Waals surface area contributed by atoms with Crippen LogP contribution in [0.5, 0.6) is 0 Å². The molecule has 0 radical (unpaired) electrons. The molecule has 3 rings (SSSR count). The third-order valence-corrected chi connectivity index (χ3v) is 4.88. The van der Waals surface area contributed by atoms with E-state index in [4.69, 9.17) is 0 Å². The molecule has 1 fully saturated rings. The highest BCUT2D eigenvalue weighted by molar-refractivity contribution is 5.95. The van der Waals surface area contributed by atoms with Gasteiger partial charge in [-0.3, -0.25) is 19.6 Å². The number of amides is 1. The number of carbonyl (C=O) groups is 1. The van der Waals surface area contributed by atoms with Crippen molar-refractivity contribution in [3.63, 3.8) is 0 Å². The molecule has 2 aromatic heterocycles. The predicted octanol–water partition coefficient (Wildman–Crippen LogP) is 1.66. The molecule has 138 valence electrons. The van der Waals surface area contributed by atoms with E-state index in [0.717, 1.165) is 18.5 Å². The second kappa shape index (κ2) is 7.78. The first kappa shape index (κ1) is 18.3. The summed E-state index contributed by atoms with van der Waals surface area (Å²) in [7, 11) is 0. The lowest BCUT2D eigenvalue weighted by atomic mass is 9.92. The Balaban J connectivity index is 1.78. The number of nitrogens with zero attached hydrogens (tertiary/aromatic N) is 3. The Labute approximate surface area is 152 Å². The van der Waals surface area contributed by atoms with E-state index < -0.39 is 5.91 Å². The summed E-state index contributed by atoms with van der Waals surface area (Å²) in [6, 6.07) is 1.83. The second-order valence-electron chi connectivity index (χ2n) is 6.88. The molecule has 1 saturated carbocycles. The minimum Gasteiger partial charge on any atom is -0.393 e. The summed E-state index contributed by atoms with van der Waals surface area (Å²) in [5, 5.41) is 12.4. The van der Waals surface area contributed by atoms with Crippen LogP contribution in [-0.4, -0.2) is 31.7 Å². The predicted molar refractivity (Wildman–Crippen MR) is 96.9 cm³/mol. The molecule has 1 amide bonds. The number of carbonyl (C=O) groups excluding carboxylic acids is 1. The lowest BCUT2D eigenvalue weighted by Gasteiger charge is -2.27. The van der Waals surface area contributed by atoms with E-state index in [0.29, 0.717) is 24.1 Å². The number of hydrogen-bond donors (Lipinski definition) is 2. The highest BCUT2D eigenvalue weighted by atomic mass is 16.3. The number of aromatic nitrogens is 3. The maximum Gasteiger partial charge on any atom is 0.263 e. The first-order chi connectivity index (χ1) is 12.5. The molecule has 0 bridgehead atoms. The Morgan fingerprint density at radius 2 is 1.96 bits per heavy atom. The Morgan fingerprint density at radius 3 is 2.62 bits per heavy atom. The minimum absolute atomic E-state index is 0.0287. The molecule has 0 unspecified atom stereocenters. The third-order valence-electron chi connectivity index (χ3n) is 4.88. The van der Waals surface area contributed by atoms with Crippen LogP contribution in [0, 0.1) is 13.8 Å². The second-order valence-corrected chi connectivity index (χ2v) is 6.88. The van der Waals surface area contributed by atoms with Gasteiger partial charge in [-0.25, -0.2) is 0 Å². The van der Waals surface area contributed by atoms with Gasteiger partial charge in [0.15, 0.2) is 0 Å². The van der Waals surface area contributed by atoms with Gasteiger partial charge in [-0.1, -0.05) is 0 Å². The van der Waals surface area contributed by atoms with E-state index in [-0.39, 0.29) is 29.8 Å². The van der Waals surface area contributed by atoms with Crippen molar-refractivity contribution in [1.29, 1.82) is 0 Å². The van der Waals surface area contributed by atoms with Crippen LogP contribution in [0.25, 0.3) is 0 Å². The maximum absolute atomic E-state index is 12.9. The van der Waals surface area contributed by atoms with Gasteiger partial charge in [0.05, 0.1) is 30.2 Å². The van der Waals surface area contributed by atoms with Crippen molar-refractivity contribution < 1.29 is 9.90 Å². The van der Waals surface area contributed by atoms with Gasteiger partial charge in [-0.2, -0.15) is 0 Å². The topological polar surface area (TPSA) is 97.1 Å². The average molecular weight is 356 g/mol. The van der Waals surface area contributed by atoms with Gasteiger partial charge < -0.3 is 15.0 Å². The monoisotopic (exact) mass is 356 g/mol. The maximum atomic E-state index is 12.9. The lowest BCUT2D eigenvalue weighted by molar-refractivity contribution is 0.0943. The number of rotatable bonds is 4. The zero-order valence-corrected chi connectivity index (χ0v) is 15.1. The molecular weight excluding hydrogens is 332 g/mol. The fourth-order valence-electron chi connectivity index (χ4n) is 3.31. The summed E-state index contributed by atoms with van der Waals surface area (Å²) in [6.45, 7) is 3.82. The van der Waals surface area contributed by atoms with Gasteiger partial charge in [-0.15, -0.1) is 0 Å². The summed E-state index contributed by atoms with van der Waals surface area (Å²) in [4.78, 5) is 33.8. The fourth-order valence-corrected chi connectivity index (χ4v) is 3.31. The van der Waals surface area contributed by atoms with Crippen LogP contribution in [0.4, 0.5) is 0 Å². The molecule has 7 heteroatoms. The zero-order chi connectivity index (χ0) is 18.7. The highest BCUT2D eigenvalue weighted by Gasteiger charge is 2.24. The van der Waals surface area contributed by atoms with Crippen molar-refractivity contribution in [3.8, 4) is 0 Å². The van der Waals surface area contributed by atoms with E-state index in [2.05, 4.69) is 15.3 Å². The lowest BCUT2D eigenvalue weighted by Crippen LogP contribution is -2.36. The fraction of sp³-hybridized carbons (Fsp3) is 0.474. The first-order valence-corrected chi connectivity index (χ1v) is 8.91. The van der Waals surface area contributed by atoms with Crippen molar-refractivity contribution >= 4 is 5.91 Å². The largest absolute Gasteiger partial charge is 0.393 e. The van der Waals surface area contributed by atoms with E-state index >= 15 is 0 Å². The zero-order valence-electron chi connectivity index (χ0n) is 15.1. The molecule has 0 saturated heterocycles. The van der Waals surface area contributed by atoms with E-state index in [1.54, 1.807) is 36.1 Å². The number of pyridine rings is 1. The highest BCUT2D eigenvalue weighted by Crippen LogP contribution is 2.27. The average Bonchev–Trinajstić information content (AvgIpc) is 2.62. The van der Waals surface area contributed by atoms with Crippen LogP contribution in [0.15, 0.2) is 29.5 Å². The molecule has 2 heterocycles. The standard InChI is InChI=1S/C19H24N4O3/c1-12-7-8-23(15-3-5-16(24)6-4-15)19(26)17(12)18(25)22-11-14-10-20-13(2)9-21-14/h7-10,15-16,24H,3-6,11H2,1-2H3,(H,22,25). The molecule has 0 atom stereocenters. The van der Waals surface area contributed by atoms with Crippen LogP contribution in [-0.2, 0) is 6.54 Å². The molecule has 1 aliphatic rings. The molecule has 0 aliphatic heterocycles. The van der Waals surface area contributed by atoms with Gasteiger partial charge in [0.2, 0.25) is 0 Å². The van der Waals surface area contributed by atoms with Crippen molar-refractivity contribution in [2.45, 2.75) is 58.2 Å². The van der Waals surface area contributed by atoms with Crippen molar-refractivity contribution in [1.82, 2.24) is 19.9 Å². The number of aryl methyl sites for hydroxylation is 2. The quantitative estimate of drug-likeness (QED) is 0.868. The molecule has 7 nitrogen and oxygen atoms in total. The molecule has 0 spiro atoms.